The molecule has 6 heteroatoms. The maximum Gasteiger partial charge on any atom is 0.358 e. The molecule has 0 N–H and O–H groups in total. The molecule has 19 heavy (non-hydrogen) atoms. The molecule has 0 aliphatic rings. The monoisotopic (exact) mass is 295 g/mol. The van der Waals surface area contributed by atoms with Crippen molar-refractivity contribution in [3.8, 4) is 0 Å². The summed E-state index contributed by atoms with van der Waals surface area (Å²) in [4.78, 5) is 0.972. The fourth-order valence-corrected chi connectivity index (χ4v) is 2.82. The Labute approximate surface area is 116 Å². The van der Waals surface area contributed by atoms with Crippen LogP contribution in [0.3, 0.4) is 0 Å². The van der Waals surface area contributed by atoms with Crippen molar-refractivity contribution in [1.82, 2.24) is 0 Å². The first kappa shape index (κ1) is 13.8. The molecule has 0 saturated carbocycles. The first-order valence-corrected chi connectivity index (χ1v) is 7.86. The fourth-order valence-electron chi connectivity index (χ4n) is 1.38. The first-order chi connectivity index (χ1) is 8.99. The average molecular weight is 295 g/mol. The number of oxime groups is 1. The molecule has 0 aliphatic carbocycles. The molecular weight excluding hydrogens is 282 g/mol. The van der Waals surface area contributed by atoms with Gasteiger partial charge in [0.15, 0.2) is 0 Å². The van der Waals surface area contributed by atoms with Crippen LogP contribution in [0.25, 0.3) is 0 Å². The van der Waals surface area contributed by atoms with E-state index in [-0.39, 0.29) is 4.90 Å². The predicted octanol–water partition coefficient (Wildman–Crippen LogP) is 3.19. The second-order valence-corrected chi connectivity index (χ2v) is 6.47. The second-order valence-electron chi connectivity index (χ2n) is 4.00. The summed E-state index contributed by atoms with van der Waals surface area (Å²) in [5.41, 5.74) is 1.52. The van der Waals surface area contributed by atoms with Crippen LogP contribution in [-0.4, -0.2) is 14.1 Å². The van der Waals surface area contributed by atoms with Gasteiger partial charge in [0, 0.05) is 0 Å². The lowest BCUT2D eigenvalue weighted by Gasteiger charge is -2.02. The number of benzene rings is 1. The Morgan fingerprint density at radius 1 is 1.21 bits per heavy atom. The highest BCUT2D eigenvalue weighted by atomic mass is 32.2. The van der Waals surface area contributed by atoms with Gasteiger partial charge >= 0.3 is 10.1 Å². The molecular formula is C13H13NO3S2. The van der Waals surface area contributed by atoms with Crippen molar-refractivity contribution in [2.24, 2.45) is 5.16 Å². The van der Waals surface area contributed by atoms with Gasteiger partial charge in [-0.2, -0.15) is 8.42 Å². The number of aryl methyl sites for hydroxylation is 1. The molecule has 2 rings (SSSR count). The van der Waals surface area contributed by atoms with Crippen LogP contribution in [0, 0.1) is 6.92 Å². The summed E-state index contributed by atoms with van der Waals surface area (Å²) in [6.07, 6.45) is 0. The quantitative estimate of drug-likeness (QED) is 0.643. The van der Waals surface area contributed by atoms with Crippen molar-refractivity contribution in [2.45, 2.75) is 18.7 Å². The molecule has 1 heterocycles. The van der Waals surface area contributed by atoms with Crippen LogP contribution >= 0.6 is 11.3 Å². The minimum Gasteiger partial charge on any atom is -0.264 e. The molecule has 0 atom stereocenters. The highest BCUT2D eigenvalue weighted by Crippen LogP contribution is 2.15. The van der Waals surface area contributed by atoms with Crippen molar-refractivity contribution in [3.63, 3.8) is 0 Å². The normalized spacial score (nSPS) is 12.4. The lowest BCUT2D eigenvalue weighted by Crippen LogP contribution is -2.04. The van der Waals surface area contributed by atoms with Gasteiger partial charge in [-0.1, -0.05) is 28.9 Å². The van der Waals surface area contributed by atoms with Crippen LogP contribution < -0.4 is 0 Å². The third-order valence-corrected chi connectivity index (χ3v) is 4.56. The van der Waals surface area contributed by atoms with Gasteiger partial charge in [-0.05, 0) is 37.4 Å². The summed E-state index contributed by atoms with van der Waals surface area (Å²) in [7, 11) is -3.85. The number of nitrogens with zero attached hydrogens (tertiary/aromatic N) is 1. The smallest absolute Gasteiger partial charge is 0.264 e. The van der Waals surface area contributed by atoms with Gasteiger partial charge in [0.05, 0.1) is 10.6 Å². The largest absolute Gasteiger partial charge is 0.358 e. The van der Waals surface area contributed by atoms with E-state index in [2.05, 4.69) is 5.16 Å². The summed E-state index contributed by atoms with van der Waals surface area (Å²) >= 11 is 1.47. The van der Waals surface area contributed by atoms with Crippen molar-refractivity contribution in [3.05, 3.63) is 52.2 Å². The highest BCUT2D eigenvalue weighted by molar-refractivity contribution is 7.86. The molecule has 0 aliphatic heterocycles. The Morgan fingerprint density at radius 3 is 2.47 bits per heavy atom. The van der Waals surface area contributed by atoms with E-state index in [1.165, 1.54) is 23.5 Å². The lowest BCUT2D eigenvalue weighted by atomic mass is 10.2. The molecule has 2 aromatic rings. The van der Waals surface area contributed by atoms with Crippen LogP contribution in [0.5, 0.6) is 0 Å². The minimum atomic E-state index is -3.85. The fraction of sp³-hybridized carbons (Fsp3) is 0.154. The molecule has 0 unspecified atom stereocenters. The van der Waals surface area contributed by atoms with Crippen molar-refractivity contribution in [1.29, 1.82) is 0 Å². The van der Waals surface area contributed by atoms with Gasteiger partial charge in [0.1, 0.15) is 4.90 Å². The Balaban J connectivity index is 2.18. The van der Waals surface area contributed by atoms with Crippen LogP contribution in [0.2, 0.25) is 0 Å². The molecule has 0 spiro atoms. The van der Waals surface area contributed by atoms with E-state index in [1.807, 2.05) is 24.4 Å². The summed E-state index contributed by atoms with van der Waals surface area (Å²) in [5, 5.41) is 5.57. The number of hydrogen-bond acceptors (Lipinski definition) is 5. The Kier molecular flexibility index (Phi) is 4.01. The maximum absolute atomic E-state index is 11.9. The van der Waals surface area contributed by atoms with Gasteiger partial charge in [0.25, 0.3) is 0 Å². The average Bonchev–Trinajstić information content (AvgIpc) is 2.90. The number of rotatable bonds is 4. The van der Waals surface area contributed by atoms with E-state index >= 15 is 0 Å². The molecule has 0 fully saturated rings. The molecule has 0 saturated heterocycles. The van der Waals surface area contributed by atoms with E-state index in [9.17, 15) is 8.42 Å². The molecule has 0 radical (unpaired) electrons. The molecule has 1 aromatic carbocycles. The Bertz CT molecular complexity index is 671. The van der Waals surface area contributed by atoms with Crippen LogP contribution in [0.1, 0.15) is 17.4 Å². The van der Waals surface area contributed by atoms with E-state index in [1.54, 1.807) is 19.1 Å². The number of thiophene rings is 1. The van der Waals surface area contributed by atoms with Gasteiger partial charge in [0.2, 0.25) is 0 Å². The predicted molar refractivity (Wildman–Crippen MR) is 76.0 cm³/mol. The topological polar surface area (TPSA) is 55.7 Å². The minimum absolute atomic E-state index is 0.0980. The maximum atomic E-state index is 11.9. The van der Waals surface area contributed by atoms with E-state index in [0.29, 0.717) is 5.71 Å². The zero-order chi connectivity index (χ0) is 13.9. The SMILES string of the molecule is CC(=NOS(=O)(=O)c1ccc(C)cc1)c1cccs1. The van der Waals surface area contributed by atoms with E-state index < -0.39 is 10.1 Å². The van der Waals surface area contributed by atoms with Gasteiger partial charge in [-0.15, -0.1) is 11.3 Å². The zero-order valence-corrected chi connectivity index (χ0v) is 12.2. The van der Waals surface area contributed by atoms with Crippen molar-refractivity contribution in [2.75, 3.05) is 0 Å². The molecule has 1 aromatic heterocycles. The number of hydrogen-bond donors (Lipinski definition) is 0. The third kappa shape index (κ3) is 3.42. The van der Waals surface area contributed by atoms with Crippen molar-refractivity contribution < 1.29 is 12.7 Å². The molecule has 0 bridgehead atoms. The van der Waals surface area contributed by atoms with Crippen LogP contribution in [-0.2, 0) is 14.4 Å². The molecule has 0 amide bonds. The summed E-state index contributed by atoms with van der Waals surface area (Å²) in [6.45, 7) is 3.59. The summed E-state index contributed by atoms with van der Waals surface area (Å²) < 4.78 is 28.5. The molecule has 4 nitrogen and oxygen atoms in total. The first-order valence-electron chi connectivity index (χ1n) is 5.58. The van der Waals surface area contributed by atoms with Crippen molar-refractivity contribution >= 4 is 27.2 Å². The third-order valence-electron chi connectivity index (χ3n) is 2.46. The van der Waals surface area contributed by atoms with Gasteiger partial charge < -0.3 is 0 Å². The van der Waals surface area contributed by atoms with Crippen LogP contribution in [0.4, 0.5) is 0 Å². The zero-order valence-electron chi connectivity index (χ0n) is 10.5. The lowest BCUT2D eigenvalue weighted by molar-refractivity contribution is 0.339. The Morgan fingerprint density at radius 2 is 1.89 bits per heavy atom. The van der Waals surface area contributed by atoms with Crippen LogP contribution in [0.15, 0.2) is 51.8 Å². The summed E-state index contributed by atoms with van der Waals surface area (Å²) in [5.74, 6) is 0. The van der Waals surface area contributed by atoms with E-state index in [4.69, 9.17) is 4.28 Å². The standard InChI is InChI=1S/C13H13NO3S2/c1-10-5-7-12(8-6-10)19(15,16)17-14-11(2)13-4-3-9-18-13/h3-9H,1-2H3. The van der Waals surface area contributed by atoms with E-state index in [0.717, 1.165) is 10.4 Å². The Hall–Kier alpha value is -1.66. The van der Waals surface area contributed by atoms with Gasteiger partial charge in [-0.25, -0.2) is 0 Å². The van der Waals surface area contributed by atoms with Gasteiger partial charge in [-0.3, -0.25) is 4.28 Å². The second kappa shape index (κ2) is 5.54. The molecule has 100 valence electrons. The summed E-state index contributed by atoms with van der Waals surface area (Å²) in [6, 6.07) is 10.2. The highest BCUT2D eigenvalue weighted by Gasteiger charge is 2.15.